The Labute approximate surface area is 105 Å². The van der Waals surface area contributed by atoms with Crippen LogP contribution in [0.3, 0.4) is 0 Å². The Morgan fingerprint density at radius 1 is 1.41 bits per heavy atom. The van der Waals surface area contributed by atoms with Crippen molar-refractivity contribution in [2.75, 3.05) is 27.2 Å². The van der Waals surface area contributed by atoms with Crippen LogP contribution in [0.25, 0.3) is 0 Å². The summed E-state index contributed by atoms with van der Waals surface area (Å²) in [6, 6.07) is 8.80. The highest BCUT2D eigenvalue weighted by Gasteiger charge is 2.07. The molecule has 1 aromatic rings. The van der Waals surface area contributed by atoms with Gasteiger partial charge in [-0.05, 0) is 51.1 Å². The van der Waals surface area contributed by atoms with Crippen LogP contribution in [-0.4, -0.2) is 38.2 Å². The molecule has 2 N–H and O–H groups in total. The number of ether oxygens (including phenoxy) is 1. The zero-order valence-corrected chi connectivity index (χ0v) is 11.1. The summed E-state index contributed by atoms with van der Waals surface area (Å²) in [6.45, 7) is 4.03. The van der Waals surface area contributed by atoms with Gasteiger partial charge in [-0.1, -0.05) is 12.1 Å². The van der Waals surface area contributed by atoms with E-state index in [-0.39, 0.29) is 0 Å². The van der Waals surface area contributed by atoms with Crippen LogP contribution in [0.15, 0.2) is 24.3 Å². The fourth-order valence-corrected chi connectivity index (χ4v) is 1.82. The molecule has 1 atom stereocenters. The van der Waals surface area contributed by atoms with Crippen molar-refractivity contribution in [1.82, 2.24) is 4.90 Å². The third kappa shape index (κ3) is 4.75. The first-order valence-electron chi connectivity index (χ1n) is 6.20. The minimum absolute atomic E-state index is 0.547. The van der Waals surface area contributed by atoms with Gasteiger partial charge < -0.3 is 15.4 Å². The van der Waals surface area contributed by atoms with Crippen LogP contribution in [-0.2, 0) is 6.42 Å². The molecule has 0 radical (unpaired) electrons. The number of rotatable bonds is 7. The van der Waals surface area contributed by atoms with Gasteiger partial charge >= 0.3 is 0 Å². The standard InChI is InChI=1S/C14H24N2O/c1-12(7-9-15)16(2)10-8-13-5-4-6-14(11-13)17-3/h4-6,11-12H,7-10,15H2,1-3H3. The first kappa shape index (κ1) is 14.0. The number of nitrogens with two attached hydrogens (primary N) is 1. The summed E-state index contributed by atoms with van der Waals surface area (Å²) in [5.41, 5.74) is 6.89. The van der Waals surface area contributed by atoms with Gasteiger partial charge in [0.2, 0.25) is 0 Å². The molecule has 17 heavy (non-hydrogen) atoms. The van der Waals surface area contributed by atoms with E-state index in [1.165, 1.54) is 5.56 Å². The molecule has 0 aliphatic heterocycles. The van der Waals surface area contributed by atoms with Gasteiger partial charge in [-0.2, -0.15) is 0 Å². The van der Waals surface area contributed by atoms with Crippen molar-refractivity contribution < 1.29 is 4.74 Å². The second-order valence-electron chi connectivity index (χ2n) is 4.51. The van der Waals surface area contributed by atoms with Crippen LogP contribution in [0, 0.1) is 0 Å². The second-order valence-corrected chi connectivity index (χ2v) is 4.51. The van der Waals surface area contributed by atoms with Crippen LogP contribution < -0.4 is 10.5 Å². The van der Waals surface area contributed by atoms with Crippen LogP contribution >= 0.6 is 0 Å². The van der Waals surface area contributed by atoms with E-state index < -0.39 is 0 Å². The lowest BCUT2D eigenvalue weighted by molar-refractivity contribution is 0.251. The molecule has 0 fully saturated rings. The Bertz CT molecular complexity index is 328. The van der Waals surface area contributed by atoms with Gasteiger partial charge in [-0.15, -0.1) is 0 Å². The van der Waals surface area contributed by atoms with Gasteiger partial charge in [0, 0.05) is 12.6 Å². The summed E-state index contributed by atoms with van der Waals surface area (Å²) in [4.78, 5) is 2.35. The molecule has 3 heteroatoms. The number of methoxy groups -OCH3 is 1. The lowest BCUT2D eigenvalue weighted by atomic mass is 10.1. The van der Waals surface area contributed by atoms with E-state index >= 15 is 0 Å². The van der Waals surface area contributed by atoms with Gasteiger partial charge in [0.05, 0.1) is 7.11 Å². The lowest BCUT2D eigenvalue weighted by Gasteiger charge is -2.24. The third-order valence-corrected chi connectivity index (χ3v) is 3.22. The van der Waals surface area contributed by atoms with Crippen LogP contribution in [0.1, 0.15) is 18.9 Å². The monoisotopic (exact) mass is 236 g/mol. The maximum atomic E-state index is 5.57. The molecule has 0 heterocycles. The van der Waals surface area contributed by atoms with Gasteiger partial charge in [-0.3, -0.25) is 0 Å². The Balaban J connectivity index is 2.43. The van der Waals surface area contributed by atoms with Gasteiger partial charge in [0.1, 0.15) is 5.75 Å². The highest BCUT2D eigenvalue weighted by atomic mass is 16.5. The topological polar surface area (TPSA) is 38.5 Å². The molecule has 0 aliphatic carbocycles. The summed E-state index contributed by atoms with van der Waals surface area (Å²) >= 11 is 0. The van der Waals surface area contributed by atoms with E-state index in [1.54, 1.807) is 7.11 Å². The van der Waals surface area contributed by atoms with Crippen LogP contribution in [0.4, 0.5) is 0 Å². The van der Waals surface area contributed by atoms with E-state index in [0.29, 0.717) is 6.04 Å². The first-order valence-corrected chi connectivity index (χ1v) is 6.20. The highest BCUT2D eigenvalue weighted by Crippen LogP contribution is 2.13. The average molecular weight is 236 g/mol. The summed E-state index contributed by atoms with van der Waals surface area (Å²) in [7, 11) is 3.86. The first-order chi connectivity index (χ1) is 8.17. The molecule has 0 bridgehead atoms. The van der Waals surface area contributed by atoms with Crippen molar-refractivity contribution in [1.29, 1.82) is 0 Å². The summed E-state index contributed by atoms with van der Waals surface area (Å²) in [6.07, 6.45) is 2.09. The van der Waals surface area contributed by atoms with E-state index in [0.717, 1.165) is 31.7 Å². The number of likely N-dealkylation sites (N-methyl/N-ethyl adjacent to an activating group) is 1. The smallest absolute Gasteiger partial charge is 0.119 e. The molecule has 0 aliphatic rings. The zero-order valence-electron chi connectivity index (χ0n) is 11.1. The fourth-order valence-electron chi connectivity index (χ4n) is 1.82. The Hall–Kier alpha value is -1.06. The van der Waals surface area contributed by atoms with Crippen molar-refractivity contribution in [3.63, 3.8) is 0 Å². The number of hydrogen-bond donors (Lipinski definition) is 1. The van der Waals surface area contributed by atoms with E-state index in [4.69, 9.17) is 10.5 Å². The number of nitrogens with zero attached hydrogens (tertiary/aromatic N) is 1. The molecular formula is C14H24N2O. The van der Waals surface area contributed by atoms with Crippen molar-refractivity contribution in [3.8, 4) is 5.75 Å². The Kier molecular flexibility index (Phi) is 6.01. The molecule has 0 saturated carbocycles. The normalized spacial score (nSPS) is 12.8. The highest BCUT2D eigenvalue weighted by molar-refractivity contribution is 5.28. The molecular weight excluding hydrogens is 212 g/mol. The minimum atomic E-state index is 0.547. The Morgan fingerprint density at radius 3 is 2.82 bits per heavy atom. The van der Waals surface area contributed by atoms with Crippen LogP contribution in [0.2, 0.25) is 0 Å². The molecule has 1 aromatic carbocycles. The second kappa shape index (κ2) is 7.30. The predicted octanol–water partition coefficient (Wildman–Crippen LogP) is 1.91. The fraction of sp³-hybridized carbons (Fsp3) is 0.571. The quantitative estimate of drug-likeness (QED) is 0.786. The molecule has 0 saturated heterocycles. The van der Waals surface area contributed by atoms with E-state index in [2.05, 4.69) is 31.0 Å². The van der Waals surface area contributed by atoms with E-state index in [1.807, 2.05) is 12.1 Å². The van der Waals surface area contributed by atoms with Gasteiger partial charge in [-0.25, -0.2) is 0 Å². The summed E-state index contributed by atoms with van der Waals surface area (Å²) < 4.78 is 5.22. The molecule has 96 valence electrons. The largest absolute Gasteiger partial charge is 0.497 e. The van der Waals surface area contributed by atoms with Crippen molar-refractivity contribution in [2.24, 2.45) is 5.73 Å². The molecule has 1 rings (SSSR count). The van der Waals surface area contributed by atoms with Gasteiger partial charge in [0.15, 0.2) is 0 Å². The lowest BCUT2D eigenvalue weighted by Crippen LogP contribution is -2.32. The average Bonchev–Trinajstić information content (AvgIpc) is 2.36. The van der Waals surface area contributed by atoms with Crippen LogP contribution in [0.5, 0.6) is 5.75 Å². The number of hydrogen-bond acceptors (Lipinski definition) is 3. The Morgan fingerprint density at radius 2 is 2.18 bits per heavy atom. The summed E-state index contributed by atoms with van der Waals surface area (Å²) in [5, 5.41) is 0. The molecule has 0 spiro atoms. The third-order valence-electron chi connectivity index (χ3n) is 3.22. The predicted molar refractivity (Wildman–Crippen MR) is 72.5 cm³/mol. The molecule has 3 nitrogen and oxygen atoms in total. The number of benzene rings is 1. The van der Waals surface area contributed by atoms with E-state index in [9.17, 15) is 0 Å². The SMILES string of the molecule is COc1cccc(CCN(C)C(C)CCN)c1. The molecule has 0 aromatic heterocycles. The van der Waals surface area contributed by atoms with Gasteiger partial charge in [0.25, 0.3) is 0 Å². The van der Waals surface area contributed by atoms with Crippen molar-refractivity contribution >= 4 is 0 Å². The maximum absolute atomic E-state index is 5.57. The molecule has 0 amide bonds. The zero-order chi connectivity index (χ0) is 12.7. The van der Waals surface area contributed by atoms with Crippen molar-refractivity contribution in [3.05, 3.63) is 29.8 Å². The molecule has 1 unspecified atom stereocenters. The summed E-state index contributed by atoms with van der Waals surface area (Å²) in [5.74, 6) is 0.931. The maximum Gasteiger partial charge on any atom is 0.119 e. The minimum Gasteiger partial charge on any atom is -0.497 e. The van der Waals surface area contributed by atoms with Crippen molar-refractivity contribution in [2.45, 2.75) is 25.8 Å².